The van der Waals surface area contributed by atoms with Crippen molar-refractivity contribution in [2.45, 2.75) is 26.8 Å². The number of hydrogen-bond donors (Lipinski definition) is 2. The van der Waals surface area contributed by atoms with Gasteiger partial charge in [0, 0.05) is 11.4 Å². The number of amides is 2. The highest BCUT2D eigenvalue weighted by atomic mass is 16.2. The van der Waals surface area contributed by atoms with Crippen molar-refractivity contribution in [3.05, 3.63) is 71.8 Å². The first kappa shape index (κ1) is 20.6. The van der Waals surface area contributed by atoms with E-state index in [1.807, 2.05) is 74.5 Å². The van der Waals surface area contributed by atoms with Crippen LogP contribution in [0.2, 0.25) is 0 Å². The third-order valence-electron chi connectivity index (χ3n) is 5.33. The van der Waals surface area contributed by atoms with Crippen LogP contribution in [-0.2, 0) is 9.59 Å². The number of fused-ring (bicyclic) bond motifs is 1. The SMILES string of the molecule is Cc1cccc(NC(=O)CN(C)[C@@H](C)C(=O)Nc2ccc3ccccc3c2)c1C. The Balaban J connectivity index is 1.59. The van der Waals surface area contributed by atoms with E-state index in [4.69, 9.17) is 0 Å². The molecule has 0 bridgehead atoms. The van der Waals surface area contributed by atoms with E-state index < -0.39 is 6.04 Å². The number of likely N-dealkylation sites (N-methyl/N-ethyl adjacent to an activating group) is 1. The summed E-state index contributed by atoms with van der Waals surface area (Å²) in [6.07, 6.45) is 0. The van der Waals surface area contributed by atoms with Crippen LogP contribution in [0.4, 0.5) is 11.4 Å². The van der Waals surface area contributed by atoms with Crippen molar-refractivity contribution in [2.24, 2.45) is 0 Å². The van der Waals surface area contributed by atoms with Crippen LogP contribution >= 0.6 is 0 Å². The molecule has 29 heavy (non-hydrogen) atoms. The van der Waals surface area contributed by atoms with Gasteiger partial charge in [0.15, 0.2) is 0 Å². The van der Waals surface area contributed by atoms with Crippen LogP contribution in [-0.4, -0.2) is 36.3 Å². The lowest BCUT2D eigenvalue weighted by atomic mass is 10.1. The van der Waals surface area contributed by atoms with E-state index in [1.54, 1.807) is 18.9 Å². The third kappa shape index (κ3) is 5.00. The molecule has 0 fully saturated rings. The van der Waals surface area contributed by atoms with Gasteiger partial charge in [-0.1, -0.05) is 42.5 Å². The summed E-state index contributed by atoms with van der Waals surface area (Å²) in [6, 6.07) is 19.2. The Kier molecular flexibility index (Phi) is 6.29. The van der Waals surface area contributed by atoms with Gasteiger partial charge < -0.3 is 10.6 Å². The maximum atomic E-state index is 12.6. The number of rotatable bonds is 6. The highest BCUT2D eigenvalue weighted by Gasteiger charge is 2.20. The smallest absolute Gasteiger partial charge is 0.241 e. The van der Waals surface area contributed by atoms with Crippen molar-refractivity contribution in [3.63, 3.8) is 0 Å². The average Bonchev–Trinajstić information content (AvgIpc) is 2.70. The zero-order valence-corrected chi connectivity index (χ0v) is 17.3. The minimum Gasteiger partial charge on any atom is -0.325 e. The number of anilines is 2. The molecule has 3 aromatic rings. The summed E-state index contributed by atoms with van der Waals surface area (Å²) < 4.78 is 0. The second-order valence-corrected chi connectivity index (χ2v) is 7.44. The first-order valence-electron chi connectivity index (χ1n) is 9.71. The molecule has 0 spiro atoms. The number of hydrogen-bond acceptors (Lipinski definition) is 3. The zero-order chi connectivity index (χ0) is 21.0. The van der Waals surface area contributed by atoms with E-state index in [2.05, 4.69) is 10.6 Å². The van der Waals surface area contributed by atoms with Crippen LogP contribution in [0.1, 0.15) is 18.1 Å². The molecule has 5 heteroatoms. The van der Waals surface area contributed by atoms with Gasteiger partial charge >= 0.3 is 0 Å². The van der Waals surface area contributed by atoms with Gasteiger partial charge in [-0.05, 0) is 67.9 Å². The number of carbonyl (C=O) groups excluding carboxylic acids is 2. The first-order valence-corrected chi connectivity index (χ1v) is 9.71. The summed E-state index contributed by atoms with van der Waals surface area (Å²) in [7, 11) is 1.77. The summed E-state index contributed by atoms with van der Waals surface area (Å²) in [6.45, 7) is 5.91. The molecule has 3 rings (SSSR count). The number of carbonyl (C=O) groups is 2. The molecule has 150 valence electrons. The second kappa shape index (κ2) is 8.88. The molecule has 1 atom stereocenters. The van der Waals surface area contributed by atoms with Crippen molar-refractivity contribution in [1.82, 2.24) is 4.90 Å². The molecular weight excluding hydrogens is 362 g/mol. The fraction of sp³-hybridized carbons (Fsp3) is 0.250. The fourth-order valence-corrected chi connectivity index (χ4v) is 3.15. The van der Waals surface area contributed by atoms with Crippen molar-refractivity contribution in [2.75, 3.05) is 24.2 Å². The van der Waals surface area contributed by atoms with Gasteiger partial charge in [-0.3, -0.25) is 14.5 Å². The largest absolute Gasteiger partial charge is 0.325 e. The predicted molar refractivity (Wildman–Crippen MR) is 119 cm³/mol. The van der Waals surface area contributed by atoms with Crippen LogP contribution in [0, 0.1) is 13.8 Å². The van der Waals surface area contributed by atoms with E-state index in [-0.39, 0.29) is 18.4 Å². The Labute approximate surface area is 171 Å². The normalized spacial score (nSPS) is 12.0. The van der Waals surface area contributed by atoms with E-state index in [0.29, 0.717) is 0 Å². The van der Waals surface area contributed by atoms with Crippen molar-refractivity contribution in [1.29, 1.82) is 0 Å². The maximum Gasteiger partial charge on any atom is 0.241 e. The minimum absolute atomic E-state index is 0.125. The topological polar surface area (TPSA) is 61.4 Å². The summed E-state index contributed by atoms with van der Waals surface area (Å²) in [4.78, 5) is 26.8. The van der Waals surface area contributed by atoms with Crippen LogP contribution in [0.25, 0.3) is 10.8 Å². The molecule has 0 aliphatic heterocycles. The van der Waals surface area contributed by atoms with Crippen molar-refractivity contribution in [3.8, 4) is 0 Å². The number of benzene rings is 3. The first-order chi connectivity index (χ1) is 13.8. The summed E-state index contributed by atoms with van der Waals surface area (Å²) in [5.74, 6) is -0.297. The minimum atomic E-state index is -0.453. The maximum absolute atomic E-state index is 12.6. The van der Waals surface area contributed by atoms with E-state index in [9.17, 15) is 9.59 Å². The Hall–Kier alpha value is -3.18. The van der Waals surface area contributed by atoms with Gasteiger partial charge in [-0.25, -0.2) is 0 Å². The van der Waals surface area contributed by atoms with Crippen LogP contribution in [0.15, 0.2) is 60.7 Å². The number of nitrogens with one attached hydrogen (secondary N) is 2. The molecule has 5 nitrogen and oxygen atoms in total. The van der Waals surface area contributed by atoms with Gasteiger partial charge in [0.1, 0.15) is 0 Å². The van der Waals surface area contributed by atoms with Gasteiger partial charge in [0.2, 0.25) is 11.8 Å². The molecule has 0 unspecified atom stereocenters. The molecule has 0 saturated heterocycles. The molecular formula is C24H27N3O2. The molecule has 0 heterocycles. The van der Waals surface area contributed by atoms with E-state index >= 15 is 0 Å². The van der Waals surface area contributed by atoms with Gasteiger partial charge in [0.25, 0.3) is 0 Å². The molecule has 3 aromatic carbocycles. The molecule has 0 radical (unpaired) electrons. The highest BCUT2D eigenvalue weighted by molar-refractivity contribution is 5.98. The van der Waals surface area contributed by atoms with Crippen LogP contribution in [0.3, 0.4) is 0 Å². The summed E-state index contributed by atoms with van der Waals surface area (Å²) >= 11 is 0. The van der Waals surface area contributed by atoms with E-state index in [0.717, 1.165) is 33.3 Å². The Morgan fingerprint density at radius 1 is 0.931 bits per heavy atom. The quantitative estimate of drug-likeness (QED) is 0.659. The van der Waals surface area contributed by atoms with Crippen LogP contribution in [0.5, 0.6) is 0 Å². The van der Waals surface area contributed by atoms with E-state index in [1.165, 1.54) is 0 Å². The van der Waals surface area contributed by atoms with Gasteiger partial charge in [0.05, 0.1) is 12.6 Å². The van der Waals surface area contributed by atoms with Gasteiger partial charge in [-0.2, -0.15) is 0 Å². The highest BCUT2D eigenvalue weighted by Crippen LogP contribution is 2.20. The molecule has 0 aromatic heterocycles. The third-order valence-corrected chi connectivity index (χ3v) is 5.33. The molecule has 0 saturated carbocycles. The predicted octanol–water partition coefficient (Wildman–Crippen LogP) is 4.35. The summed E-state index contributed by atoms with van der Waals surface area (Å²) in [5, 5.41) is 8.07. The monoisotopic (exact) mass is 389 g/mol. The molecule has 2 amide bonds. The second-order valence-electron chi connectivity index (χ2n) is 7.44. The Bertz CT molecular complexity index is 1050. The Morgan fingerprint density at radius 2 is 1.66 bits per heavy atom. The average molecular weight is 389 g/mol. The summed E-state index contributed by atoms with van der Waals surface area (Å²) in [5.41, 5.74) is 3.72. The lowest BCUT2D eigenvalue weighted by Gasteiger charge is -2.23. The Morgan fingerprint density at radius 3 is 2.41 bits per heavy atom. The fourth-order valence-electron chi connectivity index (χ4n) is 3.15. The molecule has 0 aliphatic carbocycles. The zero-order valence-electron chi connectivity index (χ0n) is 17.3. The van der Waals surface area contributed by atoms with Crippen molar-refractivity contribution < 1.29 is 9.59 Å². The van der Waals surface area contributed by atoms with Crippen LogP contribution < -0.4 is 10.6 Å². The number of nitrogens with zero attached hydrogens (tertiary/aromatic N) is 1. The molecule has 2 N–H and O–H groups in total. The standard InChI is InChI=1S/C24H27N3O2/c1-16-8-7-11-22(17(16)2)26-23(28)15-27(4)18(3)24(29)25-21-13-12-19-9-5-6-10-20(19)14-21/h5-14,18H,15H2,1-4H3,(H,25,29)(H,26,28)/t18-/m0/s1. The van der Waals surface area contributed by atoms with Crippen molar-refractivity contribution >= 4 is 34.0 Å². The number of aryl methyl sites for hydroxylation is 1. The lowest BCUT2D eigenvalue weighted by Crippen LogP contribution is -2.43. The molecule has 0 aliphatic rings. The lowest BCUT2D eigenvalue weighted by molar-refractivity contribution is -0.122. The van der Waals surface area contributed by atoms with Gasteiger partial charge in [-0.15, -0.1) is 0 Å².